The van der Waals surface area contributed by atoms with Gasteiger partial charge in [0.2, 0.25) is 0 Å². The summed E-state index contributed by atoms with van der Waals surface area (Å²) in [4.78, 5) is 38.5. The van der Waals surface area contributed by atoms with E-state index in [1.807, 2.05) is 55.5 Å². The van der Waals surface area contributed by atoms with Gasteiger partial charge in [-0.15, -0.1) is 0 Å². The van der Waals surface area contributed by atoms with Gasteiger partial charge in [0.25, 0.3) is 5.91 Å². The zero-order valence-electron chi connectivity index (χ0n) is 17.0. The van der Waals surface area contributed by atoms with Crippen molar-refractivity contribution in [3.8, 4) is 0 Å². The van der Waals surface area contributed by atoms with Gasteiger partial charge in [0.1, 0.15) is 0 Å². The number of likely N-dealkylation sites (N-methyl/N-ethyl adjacent to an activating group) is 1. The molecule has 0 bridgehead atoms. The molecule has 30 heavy (non-hydrogen) atoms. The molecule has 0 aliphatic heterocycles. The SMILES string of the molecule is CCn1c(=O)n(CCC(=O)OCC(=O)N(C)Cc2ccccc2Br)c2ccccc21. The van der Waals surface area contributed by atoms with Crippen LogP contribution in [0.1, 0.15) is 18.9 Å². The predicted molar refractivity (Wildman–Crippen MR) is 118 cm³/mol. The molecule has 1 aromatic heterocycles. The molecule has 0 radical (unpaired) electrons. The molecule has 0 saturated heterocycles. The number of hydrogen-bond acceptors (Lipinski definition) is 4. The van der Waals surface area contributed by atoms with E-state index in [-0.39, 0.29) is 31.2 Å². The van der Waals surface area contributed by atoms with E-state index in [1.54, 1.807) is 16.2 Å². The minimum Gasteiger partial charge on any atom is -0.456 e. The van der Waals surface area contributed by atoms with Crippen molar-refractivity contribution in [3.63, 3.8) is 0 Å². The lowest BCUT2D eigenvalue weighted by Gasteiger charge is -2.18. The first-order chi connectivity index (χ1) is 14.4. The third-order valence-electron chi connectivity index (χ3n) is 4.93. The molecule has 0 saturated carbocycles. The summed E-state index contributed by atoms with van der Waals surface area (Å²) in [7, 11) is 1.66. The van der Waals surface area contributed by atoms with Gasteiger partial charge >= 0.3 is 11.7 Å². The molecule has 3 rings (SSSR count). The standard InChI is InChI=1S/C22H24BrN3O4/c1-3-25-18-10-6-7-11-19(18)26(22(25)29)13-12-21(28)30-15-20(27)24(2)14-16-8-4-5-9-17(16)23/h4-11H,3,12-15H2,1-2H3. The third-order valence-corrected chi connectivity index (χ3v) is 5.70. The Labute approximate surface area is 183 Å². The minimum atomic E-state index is -0.516. The molecule has 0 unspecified atom stereocenters. The lowest BCUT2D eigenvalue weighted by molar-refractivity contribution is -0.151. The van der Waals surface area contributed by atoms with Crippen LogP contribution in [0.25, 0.3) is 11.0 Å². The normalized spacial score (nSPS) is 10.9. The number of nitrogens with zero attached hydrogens (tertiary/aromatic N) is 3. The van der Waals surface area contributed by atoms with Gasteiger partial charge in [-0.2, -0.15) is 0 Å². The summed E-state index contributed by atoms with van der Waals surface area (Å²) in [5.41, 5.74) is 2.42. The van der Waals surface area contributed by atoms with Crippen LogP contribution >= 0.6 is 15.9 Å². The molecule has 0 fully saturated rings. The number of aromatic nitrogens is 2. The molecule has 8 heteroatoms. The van der Waals surface area contributed by atoms with Crippen molar-refractivity contribution in [1.29, 1.82) is 0 Å². The van der Waals surface area contributed by atoms with E-state index in [0.717, 1.165) is 21.1 Å². The Hall–Kier alpha value is -2.87. The topological polar surface area (TPSA) is 73.5 Å². The number of esters is 1. The zero-order valence-corrected chi connectivity index (χ0v) is 18.6. The summed E-state index contributed by atoms with van der Waals surface area (Å²) in [6, 6.07) is 15.1. The van der Waals surface area contributed by atoms with Crippen molar-refractivity contribution in [1.82, 2.24) is 14.0 Å². The Morgan fingerprint density at radius 1 is 1.03 bits per heavy atom. The van der Waals surface area contributed by atoms with Crippen molar-refractivity contribution >= 4 is 38.8 Å². The van der Waals surface area contributed by atoms with E-state index >= 15 is 0 Å². The van der Waals surface area contributed by atoms with Gasteiger partial charge < -0.3 is 9.64 Å². The average Bonchev–Trinajstić information content (AvgIpc) is 3.02. The van der Waals surface area contributed by atoms with Gasteiger partial charge in [-0.25, -0.2) is 4.79 Å². The fourth-order valence-electron chi connectivity index (χ4n) is 3.29. The fourth-order valence-corrected chi connectivity index (χ4v) is 3.70. The van der Waals surface area contributed by atoms with Crippen LogP contribution < -0.4 is 5.69 Å². The summed E-state index contributed by atoms with van der Waals surface area (Å²) in [5, 5.41) is 0. The number of carbonyl (C=O) groups is 2. The van der Waals surface area contributed by atoms with Crippen LogP contribution in [0.3, 0.4) is 0 Å². The van der Waals surface area contributed by atoms with Crippen LogP contribution in [0, 0.1) is 0 Å². The highest BCUT2D eigenvalue weighted by Gasteiger charge is 2.16. The lowest BCUT2D eigenvalue weighted by atomic mass is 10.2. The van der Waals surface area contributed by atoms with Crippen molar-refractivity contribution in [2.75, 3.05) is 13.7 Å². The summed E-state index contributed by atoms with van der Waals surface area (Å²) < 4.78 is 9.29. The second-order valence-corrected chi connectivity index (χ2v) is 7.77. The van der Waals surface area contributed by atoms with Crippen LogP contribution in [-0.2, 0) is 34.0 Å². The summed E-state index contributed by atoms with van der Waals surface area (Å²) in [6.45, 7) is 2.74. The van der Waals surface area contributed by atoms with Gasteiger partial charge in [0, 0.05) is 31.2 Å². The van der Waals surface area contributed by atoms with Gasteiger partial charge in [0.15, 0.2) is 6.61 Å². The Kier molecular flexibility index (Phi) is 7.10. The largest absolute Gasteiger partial charge is 0.456 e. The smallest absolute Gasteiger partial charge is 0.329 e. The molecule has 158 valence electrons. The van der Waals surface area contributed by atoms with Crippen LogP contribution in [0.5, 0.6) is 0 Å². The van der Waals surface area contributed by atoms with E-state index in [0.29, 0.717) is 13.1 Å². The van der Waals surface area contributed by atoms with E-state index in [4.69, 9.17) is 4.74 Å². The molecule has 1 heterocycles. The fraction of sp³-hybridized carbons (Fsp3) is 0.318. The highest BCUT2D eigenvalue weighted by molar-refractivity contribution is 9.10. The number of halogens is 1. The average molecular weight is 474 g/mol. The van der Waals surface area contributed by atoms with E-state index in [2.05, 4.69) is 15.9 Å². The number of imidazole rings is 1. The number of carbonyl (C=O) groups excluding carboxylic acids is 2. The Morgan fingerprint density at radius 3 is 2.33 bits per heavy atom. The Balaban J connectivity index is 1.55. The number of fused-ring (bicyclic) bond motifs is 1. The number of ether oxygens (including phenoxy) is 1. The maximum absolute atomic E-state index is 12.6. The molecule has 0 N–H and O–H groups in total. The molecule has 7 nitrogen and oxygen atoms in total. The second kappa shape index (κ2) is 9.75. The molecule has 0 atom stereocenters. The highest BCUT2D eigenvalue weighted by atomic mass is 79.9. The van der Waals surface area contributed by atoms with Crippen LogP contribution in [0.2, 0.25) is 0 Å². The van der Waals surface area contributed by atoms with Gasteiger partial charge in [-0.05, 0) is 30.7 Å². The van der Waals surface area contributed by atoms with Crippen molar-refractivity contribution in [2.24, 2.45) is 0 Å². The number of rotatable bonds is 8. The Morgan fingerprint density at radius 2 is 1.67 bits per heavy atom. The van der Waals surface area contributed by atoms with E-state index in [9.17, 15) is 14.4 Å². The third kappa shape index (κ3) is 4.81. The number of hydrogen-bond donors (Lipinski definition) is 0. The molecule has 0 aliphatic rings. The molecule has 1 amide bonds. The monoisotopic (exact) mass is 473 g/mol. The summed E-state index contributed by atoms with van der Waals surface area (Å²) >= 11 is 3.46. The maximum Gasteiger partial charge on any atom is 0.329 e. The van der Waals surface area contributed by atoms with Gasteiger partial charge in [-0.1, -0.05) is 46.3 Å². The highest BCUT2D eigenvalue weighted by Crippen LogP contribution is 2.17. The van der Waals surface area contributed by atoms with Crippen LogP contribution in [0.4, 0.5) is 0 Å². The van der Waals surface area contributed by atoms with Crippen molar-refractivity contribution < 1.29 is 14.3 Å². The molecule has 3 aromatic rings. The lowest BCUT2D eigenvalue weighted by Crippen LogP contribution is -2.31. The molecule has 2 aromatic carbocycles. The van der Waals surface area contributed by atoms with Gasteiger partial charge in [-0.3, -0.25) is 18.7 Å². The number of amides is 1. The zero-order chi connectivity index (χ0) is 21.7. The first-order valence-corrected chi connectivity index (χ1v) is 10.5. The Bertz CT molecular complexity index is 1120. The minimum absolute atomic E-state index is 0.0128. The van der Waals surface area contributed by atoms with E-state index in [1.165, 1.54) is 4.90 Å². The van der Waals surface area contributed by atoms with Crippen LogP contribution in [0.15, 0.2) is 57.8 Å². The molecular formula is C22H24BrN3O4. The molecular weight excluding hydrogens is 450 g/mol. The number of para-hydroxylation sites is 2. The van der Waals surface area contributed by atoms with Crippen molar-refractivity contribution in [2.45, 2.75) is 33.0 Å². The molecule has 0 aliphatic carbocycles. The maximum atomic E-state index is 12.6. The quantitative estimate of drug-likeness (QED) is 0.471. The predicted octanol–water partition coefficient (Wildman–Crippen LogP) is 3.18. The van der Waals surface area contributed by atoms with Crippen molar-refractivity contribution in [3.05, 3.63) is 69.1 Å². The van der Waals surface area contributed by atoms with Gasteiger partial charge in [0.05, 0.1) is 17.5 Å². The number of aryl methyl sites for hydroxylation is 2. The van der Waals surface area contributed by atoms with E-state index < -0.39 is 5.97 Å². The number of benzene rings is 2. The summed E-state index contributed by atoms with van der Waals surface area (Å²) in [6.07, 6.45) is 0.0128. The first kappa shape index (κ1) is 21.8. The summed E-state index contributed by atoms with van der Waals surface area (Å²) in [5.74, 6) is -0.809. The van der Waals surface area contributed by atoms with Crippen LogP contribution in [-0.4, -0.2) is 39.6 Å². The second-order valence-electron chi connectivity index (χ2n) is 6.92. The molecule has 0 spiro atoms. The first-order valence-electron chi connectivity index (χ1n) is 9.73.